The molecule has 1 fully saturated rings. The van der Waals surface area contributed by atoms with Crippen molar-refractivity contribution in [2.75, 3.05) is 25.4 Å². The number of piperidine rings is 1. The Morgan fingerprint density at radius 3 is 2.96 bits per heavy atom. The van der Waals surface area contributed by atoms with Gasteiger partial charge in [0.2, 0.25) is 0 Å². The monoisotopic (exact) mass is 334 g/mol. The summed E-state index contributed by atoms with van der Waals surface area (Å²) in [5.74, 6) is 0.944. The molecule has 132 valence electrons. The zero-order chi connectivity index (χ0) is 16.9. The van der Waals surface area contributed by atoms with Gasteiger partial charge in [-0.15, -0.1) is 5.10 Å². The molecule has 8 heteroatoms. The van der Waals surface area contributed by atoms with E-state index in [0.717, 1.165) is 44.5 Å². The molecule has 0 bridgehead atoms. The number of nitrogens with two attached hydrogens (primary N) is 1. The fraction of sp³-hybridized carbons (Fsp3) is 0.688. The van der Waals surface area contributed by atoms with E-state index in [2.05, 4.69) is 20.4 Å². The van der Waals surface area contributed by atoms with Crippen LogP contribution in [0.15, 0.2) is 6.20 Å². The first-order valence-electron chi connectivity index (χ1n) is 8.69. The fourth-order valence-electron chi connectivity index (χ4n) is 3.14. The Hall–Kier alpha value is -1.93. The largest absolute Gasteiger partial charge is 0.459 e. The smallest absolute Gasteiger partial charge is 0.336 e. The van der Waals surface area contributed by atoms with E-state index in [1.165, 1.54) is 0 Å². The first-order chi connectivity index (χ1) is 11.7. The first kappa shape index (κ1) is 16.9. The quantitative estimate of drug-likeness (QED) is 0.686. The SMILES string of the molecule is CC[C@H](CCO)Oc1nc(N)c2ncc(CC3CCNCC3)n2n1. The Morgan fingerprint density at radius 2 is 2.25 bits per heavy atom. The molecule has 0 aliphatic carbocycles. The zero-order valence-electron chi connectivity index (χ0n) is 14.1. The predicted molar refractivity (Wildman–Crippen MR) is 90.9 cm³/mol. The second kappa shape index (κ2) is 7.76. The fourth-order valence-corrected chi connectivity index (χ4v) is 3.14. The van der Waals surface area contributed by atoms with Crippen LogP contribution in [0.4, 0.5) is 5.82 Å². The summed E-state index contributed by atoms with van der Waals surface area (Å²) >= 11 is 0. The van der Waals surface area contributed by atoms with Crippen molar-refractivity contribution in [1.82, 2.24) is 24.9 Å². The van der Waals surface area contributed by atoms with Crippen LogP contribution in [0.5, 0.6) is 6.01 Å². The minimum Gasteiger partial charge on any atom is -0.459 e. The van der Waals surface area contributed by atoms with Gasteiger partial charge in [0.1, 0.15) is 6.10 Å². The van der Waals surface area contributed by atoms with E-state index < -0.39 is 0 Å². The Bertz CT molecular complexity index is 668. The number of aliphatic hydroxyl groups excluding tert-OH is 1. The number of hydrogen-bond donors (Lipinski definition) is 3. The van der Waals surface area contributed by atoms with Crippen molar-refractivity contribution in [3.05, 3.63) is 11.9 Å². The summed E-state index contributed by atoms with van der Waals surface area (Å²) in [6, 6.07) is 0.241. The van der Waals surface area contributed by atoms with Gasteiger partial charge < -0.3 is 20.9 Å². The topological polar surface area (TPSA) is 111 Å². The van der Waals surface area contributed by atoms with Crippen LogP contribution < -0.4 is 15.8 Å². The van der Waals surface area contributed by atoms with E-state index in [-0.39, 0.29) is 18.7 Å². The number of hydrogen-bond acceptors (Lipinski definition) is 7. The number of imidazole rings is 1. The lowest BCUT2D eigenvalue weighted by Gasteiger charge is -2.22. The van der Waals surface area contributed by atoms with Gasteiger partial charge >= 0.3 is 6.01 Å². The molecule has 0 saturated carbocycles. The highest BCUT2D eigenvalue weighted by Crippen LogP contribution is 2.21. The van der Waals surface area contributed by atoms with Gasteiger partial charge in [0.25, 0.3) is 0 Å². The van der Waals surface area contributed by atoms with E-state index in [4.69, 9.17) is 15.6 Å². The standard InChI is InChI=1S/C16H26N6O2/c1-2-13(5-8-23)24-16-20-14(17)15-19-10-12(22(15)21-16)9-11-3-6-18-7-4-11/h10-11,13,18,23H,2-9H2,1H3,(H2,17,20,21)/t13-/m1/s1. The number of fused-ring (bicyclic) bond motifs is 1. The summed E-state index contributed by atoms with van der Waals surface area (Å²) in [5, 5.41) is 17.0. The van der Waals surface area contributed by atoms with Crippen molar-refractivity contribution < 1.29 is 9.84 Å². The van der Waals surface area contributed by atoms with Crippen molar-refractivity contribution in [2.24, 2.45) is 5.92 Å². The molecule has 2 aromatic heterocycles. The maximum atomic E-state index is 9.10. The molecule has 0 amide bonds. The predicted octanol–water partition coefficient (Wildman–Crippen LogP) is 0.788. The lowest BCUT2D eigenvalue weighted by molar-refractivity contribution is 0.138. The van der Waals surface area contributed by atoms with Crippen LogP contribution in [0.1, 0.15) is 38.3 Å². The van der Waals surface area contributed by atoms with Gasteiger partial charge in [-0.1, -0.05) is 6.92 Å². The van der Waals surface area contributed by atoms with Crippen LogP contribution in [0.2, 0.25) is 0 Å². The molecule has 24 heavy (non-hydrogen) atoms. The number of rotatable bonds is 7. The van der Waals surface area contributed by atoms with Crippen molar-refractivity contribution in [2.45, 2.75) is 45.1 Å². The third kappa shape index (κ3) is 3.76. The Morgan fingerprint density at radius 1 is 1.46 bits per heavy atom. The molecule has 0 spiro atoms. The van der Waals surface area contributed by atoms with Crippen molar-refractivity contribution in [1.29, 1.82) is 0 Å². The van der Waals surface area contributed by atoms with Gasteiger partial charge in [0, 0.05) is 13.0 Å². The number of nitrogens with zero attached hydrogens (tertiary/aromatic N) is 4. The van der Waals surface area contributed by atoms with Gasteiger partial charge in [0.15, 0.2) is 11.5 Å². The van der Waals surface area contributed by atoms with Crippen LogP contribution >= 0.6 is 0 Å². The molecule has 4 N–H and O–H groups in total. The number of anilines is 1. The number of nitrogens with one attached hydrogen (secondary N) is 1. The first-order valence-corrected chi connectivity index (χ1v) is 8.69. The Labute approximate surface area is 141 Å². The maximum Gasteiger partial charge on any atom is 0.336 e. The third-order valence-electron chi connectivity index (χ3n) is 4.57. The summed E-state index contributed by atoms with van der Waals surface area (Å²) in [7, 11) is 0. The number of ether oxygens (including phenoxy) is 1. The molecule has 0 unspecified atom stereocenters. The summed E-state index contributed by atoms with van der Waals surface area (Å²) in [4.78, 5) is 8.56. The minimum absolute atomic E-state index is 0.0717. The van der Waals surface area contributed by atoms with E-state index in [1.807, 2.05) is 13.1 Å². The molecule has 1 saturated heterocycles. The maximum absolute atomic E-state index is 9.10. The molecule has 3 rings (SSSR count). The molecule has 0 radical (unpaired) electrons. The zero-order valence-corrected chi connectivity index (χ0v) is 14.1. The summed E-state index contributed by atoms with van der Waals surface area (Å²) in [5.41, 5.74) is 7.63. The summed E-state index contributed by atoms with van der Waals surface area (Å²) < 4.78 is 7.54. The Balaban J connectivity index is 1.83. The van der Waals surface area contributed by atoms with E-state index in [9.17, 15) is 0 Å². The third-order valence-corrected chi connectivity index (χ3v) is 4.57. The molecule has 1 atom stereocenters. The van der Waals surface area contributed by atoms with E-state index in [1.54, 1.807) is 4.52 Å². The molecule has 1 aliphatic rings. The van der Waals surface area contributed by atoms with Gasteiger partial charge in [-0.05, 0) is 44.7 Å². The second-order valence-corrected chi connectivity index (χ2v) is 6.32. The molecular formula is C16H26N6O2. The average Bonchev–Trinajstić information content (AvgIpc) is 2.99. The lowest BCUT2D eigenvalue weighted by atomic mass is 9.93. The van der Waals surface area contributed by atoms with Crippen LogP contribution in [0.25, 0.3) is 5.65 Å². The number of aliphatic hydroxyl groups is 1. The number of aromatic nitrogens is 4. The van der Waals surface area contributed by atoms with Crippen LogP contribution in [0.3, 0.4) is 0 Å². The normalized spacial score (nSPS) is 17.2. The molecule has 1 aliphatic heterocycles. The number of nitrogen functional groups attached to an aromatic ring is 1. The minimum atomic E-state index is -0.122. The van der Waals surface area contributed by atoms with Gasteiger partial charge in [0.05, 0.1) is 11.9 Å². The van der Waals surface area contributed by atoms with Gasteiger partial charge in [-0.25, -0.2) is 9.50 Å². The van der Waals surface area contributed by atoms with Crippen molar-refractivity contribution in [3.63, 3.8) is 0 Å². The highest BCUT2D eigenvalue weighted by Gasteiger charge is 2.19. The lowest BCUT2D eigenvalue weighted by Crippen LogP contribution is -2.29. The molecular weight excluding hydrogens is 308 g/mol. The molecule has 2 aromatic rings. The molecule has 8 nitrogen and oxygen atoms in total. The Kier molecular flexibility index (Phi) is 5.47. The molecule has 3 heterocycles. The average molecular weight is 334 g/mol. The van der Waals surface area contributed by atoms with Gasteiger partial charge in [-0.3, -0.25) is 0 Å². The van der Waals surface area contributed by atoms with Gasteiger partial charge in [-0.2, -0.15) is 4.98 Å². The van der Waals surface area contributed by atoms with Crippen LogP contribution in [0, 0.1) is 5.92 Å². The van der Waals surface area contributed by atoms with Crippen LogP contribution in [-0.2, 0) is 6.42 Å². The summed E-state index contributed by atoms with van der Waals surface area (Å²) in [6.07, 6.45) is 6.27. The second-order valence-electron chi connectivity index (χ2n) is 6.32. The highest BCUT2D eigenvalue weighted by atomic mass is 16.5. The van der Waals surface area contributed by atoms with E-state index in [0.29, 0.717) is 23.8 Å². The van der Waals surface area contributed by atoms with Crippen molar-refractivity contribution in [3.8, 4) is 6.01 Å². The van der Waals surface area contributed by atoms with E-state index >= 15 is 0 Å². The van der Waals surface area contributed by atoms with Crippen LogP contribution in [-0.4, -0.2) is 50.5 Å². The summed E-state index contributed by atoms with van der Waals surface area (Å²) in [6.45, 7) is 4.20. The van der Waals surface area contributed by atoms with Crippen molar-refractivity contribution >= 4 is 11.5 Å². The highest BCUT2D eigenvalue weighted by molar-refractivity contribution is 5.59. The molecule has 0 aromatic carbocycles.